The Morgan fingerprint density at radius 3 is 2.76 bits per heavy atom. The molecule has 3 aliphatic rings. The first-order valence-corrected chi connectivity index (χ1v) is 10.8. The maximum Gasteiger partial charge on any atom is 0.271 e. The topological polar surface area (TPSA) is 73.2 Å². The highest BCUT2D eigenvalue weighted by molar-refractivity contribution is 5.92. The van der Waals surface area contributed by atoms with E-state index in [-0.39, 0.29) is 17.5 Å². The Hall–Kier alpha value is -2.63. The first kappa shape index (κ1) is 18.4. The molecule has 0 saturated heterocycles. The van der Waals surface area contributed by atoms with Gasteiger partial charge in [-0.3, -0.25) is 9.59 Å². The van der Waals surface area contributed by atoms with Crippen molar-refractivity contribution < 1.29 is 9.53 Å². The van der Waals surface area contributed by atoms with Gasteiger partial charge in [0.2, 0.25) is 0 Å². The average molecular weight is 393 g/mol. The van der Waals surface area contributed by atoms with Gasteiger partial charge in [0.05, 0.1) is 6.54 Å². The number of aromatic nitrogens is 2. The third kappa shape index (κ3) is 3.56. The predicted octanol–water partition coefficient (Wildman–Crippen LogP) is 2.88. The van der Waals surface area contributed by atoms with E-state index in [9.17, 15) is 9.59 Å². The molecule has 0 radical (unpaired) electrons. The van der Waals surface area contributed by atoms with Crippen LogP contribution < -0.4 is 15.6 Å². The third-order valence-corrected chi connectivity index (χ3v) is 7.16. The standard InChI is InChI=1S/C23H27N3O3/c27-22-10-9-20(25-26(22)11-12-29-16-5-2-1-3-6-16)23(28)24-21-14-15-13-19(21)18-8-4-7-17(15)18/h1-3,5-6,9-10,15,17-19,21H,4,7-8,11-14H2,(H,24,28). The molecule has 152 valence electrons. The molecule has 1 aromatic heterocycles. The SMILES string of the molecule is O=C(NC1CC2CC1C1CCCC21)c1ccc(=O)n(CCOc2ccccc2)n1. The number of fused-ring (bicyclic) bond motifs is 5. The Labute approximate surface area is 170 Å². The Morgan fingerprint density at radius 1 is 1.07 bits per heavy atom. The molecule has 2 aromatic rings. The minimum absolute atomic E-state index is 0.171. The van der Waals surface area contributed by atoms with Crippen LogP contribution in [0.2, 0.25) is 0 Å². The van der Waals surface area contributed by atoms with Gasteiger partial charge >= 0.3 is 0 Å². The summed E-state index contributed by atoms with van der Waals surface area (Å²) >= 11 is 0. The lowest BCUT2D eigenvalue weighted by atomic mass is 9.79. The van der Waals surface area contributed by atoms with E-state index in [2.05, 4.69) is 10.4 Å². The fourth-order valence-electron chi connectivity index (χ4n) is 5.97. The number of hydrogen-bond donors (Lipinski definition) is 1. The quantitative estimate of drug-likeness (QED) is 0.819. The van der Waals surface area contributed by atoms with Crippen molar-refractivity contribution in [2.75, 3.05) is 6.61 Å². The molecule has 5 rings (SSSR count). The molecule has 6 heteroatoms. The van der Waals surface area contributed by atoms with Crippen molar-refractivity contribution >= 4 is 5.91 Å². The Balaban J connectivity index is 1.21. The number of benzene rings is 1. The summed E-state index contributed by atoms with van der Waals surface area (Å²) in [4.78, 5) is 24.9. The molecular formula is C23H27N3O3. The van der Waals surface area contributed by atoms with E-state index in [0.717, 1.165) is 29.9 Å². The molecular weight excluding hydrogens is 366 g/mol. The highest BCUT2D eigenvalue weighted by Crippen LogP contribution is 2.58. The Kier molecular flexibility index (Phi) is 4.86. The Morgan fingerprint density at radius 2 is 1.90 bits per heavy atom. The molecule has 3 fully saturated rings. The summed E-state index contributed by atoms with van der Waals surface area (Å²) in [6.45, 7) is 0.615. The summed E-state index contributed by atoms with van der Waals surface area (Å²) < 4.78 is 6.96. The number of para-hydroxylation sites is 1. The highest BCUT2D eigenvalue weighted by atomic mass is 16.5. The monoisotopic (exact) mass is 393 g/mol. The summed E-state index contributed by atoms with van der Waals surface area (Å²) in [6.07, 6.45) is 6.42. The number of carbonyl (C=O) groups is 1. The second kappa shape index (κ2) is 7.65. The van der Waals surface area contributed by atoms with Gasteiger partial charge in [-0.05, 0) is 67.6 Å². The van der Waals surface area contributed by atoms with Crippen molar-refractivity contribution in [3.8, 4) is 5.75 Å². The molecule has 6 nitrogen and oxygen atoms in total. The molecule has 0 spiro atoms. The molecule has 5 unspecified atom stereocenters. The third-order valence-electron chi connectivity index (χ3n) is 7.16. The summed E-state index contributed by atoms with van der Waals surface area (Å²) in [5.41, 5.74) is 0.0713. The lowest BCUT2D eigenvalue weighted by Crippen LogP contribution is -2.43. The second-order valence-electron chi connectivity index (χ2n) is 8.68. The van der Waals surface area contributed by atoms with Crippen LogP contribution in [0.25, 0.3) is 0 Å². The van der Waals surface area contributed by atoms with Gasteiger partial charge in [-0.2, -0.15) is 5.10 Å². The van der Waals surface area contributed by atoms with Gasteiger partial charge in [0, 0.05) is 12.1 Å². The maximum absolute atomic E-state index is 12.8. The van der Waals surface area contributed by atoms with Crippen LogP contribution in [0.1, 0.15) is 42.6 Å². The van der Waals surface area contributed by atoms with E-state index in [4.69, 9.17) is 4.74 Å². The highest BCUT2D eigenvalue weighted by Gasteiger charge is 2.54. The molecule has 1 aromatic carbocycles. The first-order valence-electron chi connectivity index (χ1n) is 10.8. The fraction of sp³-hybridized carbons (Fsp3) is 0.522. The van der Waals surface area contributed by atoms with E-state index in [1.807, 2.05) is 30.3 Å². The Bertz CT molecular complexity index is 942. The maximum atomic E-state index is 12.8. The summed E-state index contributed by atoms with van der Waals surface area (Å²) in [5, 5.41) is 7.51. The molecule has 3 saturated carbocycles. The molecule has 2 bridgehead atoms. The number of carbonyl (C=O) groups excluding carboxylic acids is 1. The molecule has 1 amide bonds. The molecule has 29 heavy (non-hydrogen) atoms. The van der Waals surface area contributed by atoms with Crippen molar-refractivity contribution in [2.45, 2.75) is 44.7 Å². The van der Waals surface area contributed by atoms with Crippen LogP contribution in [-0.4, -0.2) is 28.3 Å². The van der Waals surface area contributed by atoms with Crippen molar-refractivity contribution in [3.05, 3.63) is 58.5 Å². The molecule has 0 aliphatic heterocycles. The van der Waals surface area contributed by atoms with Crippen LogP contribution in [0.4, 0.5) is 0 Å². The lowest BCUT2D eigenvalue weighted by molar-refractivity contribution is 0.0893. The summed E-state index contributed by atoms with van der Waals surface area (Å²) in [6, 6.07) is 12.6. The zero-order chi connectivity index (χ0) is 19.8. The molecule has 1 N–H and O–H groups in total. The predicted molar refractivity (Wildman–Crippen MR) is 109 cm³/mol. The largest absolute Gasteiger partial charge is 0.492 e. The van der Waals surface area contributed by atoms with Gasteiger partial charge in [-0.25, -0.2) is 4.68 Å². The van der Waals surface area contributed by atoms with Crippen molar-refractivity contribution in [2.24, 2.45) is 23.7 Å². The summed E-state index contributed by atoms with van der Waals surface area (Å²) in [5.74, 6) is 3.69. The summed E-state index contributed by atoms with van der Waals surface area (Å²) in [7, 11) is 0. The van der Waals surface area contributed by atoms with Gasteiger partial charge in [0.25, 0.3) is 11.5 Å². The van der Waals surface area contributed by atoms with Gasteiger partial charge < -0.3 is 10.1 Å². The van der Waals surface area contributed by atoms with E-state index >= 15 is 0 Å². The van der Waals surface area contributed by atoms with Crippen LogP contribution >= 0.6 is 0 Å². The minimum atomic E-state index is -0.230. The van der Waals surface area contributed by atoms with Crippen LogP contribution in [-0.2, 0) is 6.54 Å². The van der Waals surface area contributed by atoms with Crippen LogP contribution in [0, 0.1) is 23.7 Å². The fourth-order valence-corrected chi connectivity index (χ4v) is 5.97. The van der Waals surface area contributed by atoms with Gasteiger partial charge in [0.15, 0.2) is 0 Å². The van der Waals surface area contributed by atoms with Gasteiger partial charge in [0.1, 0.15) is 18.1 Å². The average Bonchev–Trinajstić information content (AvgIpc) is 3.44. The molecule has 3 aliphatic carbocycles. The lowest BCUT2D eigenvalue weighted by Gasteiger charge is -2.32. The van der Waals surface area contributed by atoms with Crippen molar-refractivity contribution in [3.63, 3.8) is 0 Å². The van der Waals surface area contributed by atoms with Crippen LogP contribution in [0.3, 0.4) is 0 Å². The minimum Gasteiger partial charge on any atom is -0.492 e. The van der Waals surface area contributed by atoms with E-state index in [1.165, 1.54) is 42.5 Å². The zero-order valence-electron chi connectivity index (χ0n) is 16.5. The van der Waals surface area contributed by atoms with Crippen LogP contribution in [0.5, 0.6) is 5.75 Å². The van der Waals surface area contributed by atoms with Gasteiger partial charge in [-0.15, -0.1) is 0 Å². The number of nitrogens with one attached hydrogen (secondary N) is 1. The first-order chi connectivity index (χ1) is 14.2. The number of nitrogens with zero attached hydrogens (tertiary/aromatic N) is 2. The number of hydrogen-bond acceptors (Lipinski definition) is 4. The van der Waals surface area contributed by atoms with E-state index < -0.39 is 0 Å². The normalized spacial score (nSPS) is 29.6. The van der Waals surface area contributed by atoms with Crippen LogP contribution in [0.15, 0.2) is 47.3 Å². The van der Waals surface area contributed by atoms with E-state index in [1.54, 1.807) is 0 Å². The smallest absolute Gasteiger partial charge is 0.271 e. The van der Waals surface area contributed by atoms with Crippen molar-refractivity contribution in [1.82, 2.24) is 15.1 Å². The van der Waals surface area contributed by atoms with Crippen molar-refractivity contribution in [1.29, 1.82) is 0 Å². The zero-order valence-corrected chi connectivity index (χ0v) is 16.5. The molecule has 5 atom stereocenters. The van der Waals surface area contributed by atoms with Gasteiger partial charge in [-0.1, -0.05) is 24.6 Å². The number of amides is 1. The molecule has 1 heterocycles. The van der Waals surface area contributed by atoms with E-state index in [0.29, 0.717) is 24.8 Å². The number of ether oxygens (including phenoxy) is 1. The second-order valence-corrected chi connectivity index (χ2v) is 8.68. The number of rotatable bonds is 6.